The zero-order chi connectivity index (χ0) is 30.0. The van der Waals surface area contributed by atoms with Gasteiger partial charge in [0.05, 0.1) is 5.69 Å². The summed E-state index contributed by atoms with van der Waals surface area (Å²) in [6, 6.07) is 18.0. The van der Waals surface area contributed by atoms with Gasteiger partial charge in [0.15, 0.2) is 0 Å². The van der Waals surface area contributed by atoms with E-state index >= 15 is 0 Å². The van der Waals surface area contributed by atoms with Crippen LogP contribution in [-0.2, 0) is 17.8 Å². The van der Waals surface area contributed by atoms with Gasteiger partial charge in [-0.25, -0.2) is 0 Å². The molecule has 2 fully saturated rings. The number of benzene rings is 2. The molecule has 0 saturated carbocycles. The molecule has 0 aliphatic carbocycles. The van der Waals surface area contributed by atoms with Crippen LogP contribution in [0.5, 0.6) is 5.75 Å². The number of carboxylic acid groups (broad SMARTS) is 1. The molecule has 2 aliphatic heterocycles. The summed E-state index contributed by atoms with van der Waals surface area (Å²) in [4.78, 5) is 17.3. The molecular weight excluding hydrogens is 524 g/mol. The lowest BCUT2D eigenvalue weighted by molar-refractivity contribution is -0.147. The van der Waals surface area contributed by atoms with Gasteiger partial charge in [-0.15, -0.1) is 0 Å². The average molecular weight is 573 g/mol. The predicted molar refractivity (Wildman–Crippen MR) is 167 cm³/mol. The van der Waals surface area contributed by atoms with Crippen molar-refractivity contribution in [3.63, 3.8) is 0 Å². The van der Waals surface area contributed by atoms with E-state index in [9.17, 15) is 15.0 Å². The lowest BCUT2D eigenvalue weighted by Crippen LogP contribution is -2.48. The maximum atomic E-state index is 12.4. The van der Waals surface area contributed by atoms with Crippen LogP contribution >= 0.6 is 0 Å². The summed E-state index contributed by atoms with van der Waals surface area (Å²) in [6.07, 6.45) is 2.98. The average Bonchev–Trinajstić information content (AvgIpc) is 3.53. The maximum absolute atomic E-state index is 12.4. The number of aryl methyl sites for hydroxylation is 2. The van der Waals surface area contributed by atoms with Crippen molar-refractivity contribution in [1.29, 1.82) is 0 Å². The van der Waals surface area contributed by atoms with E-state index in [4.69, 9.17) is 5.10 Å². The molecule has 2 saturated heterocycles. The molecule has 3 atom stereocenters. The molecule has 42 heavy (non-hydrogen) atoms. The quantitative estimate of drug-likeness (QED) is 0.332. The van der Waals surface area contributed by atoms with E-state index in [0.717, 1.165) is 69.8 Å². The number of phenolic OH excluding ortho intramolecular Hbond substituents is 1. The van der Waals surface area contributed by atoms with E-state index < -0.39 is 12.0 Å². The Labute approximate surface area is 251 Å². The first-order valence-corrected chi connectivity index (χ1v) is 15.6. The Morgan fingerprint density at radius 2 is 1.76 bits per heavy atom. The number of nitrogens with zero attached hydrogens (tertiary/aromatic N) is 4. The monoisotopic (exact) mass is 572 g/mol. The third kappa shape index (κ3) is 6.90. The molecule has 7 heteroatoms. The van der Waals surface area contributed by atoms with Gasteiger partial charge in [-0.3, -0.25) is 14.4 Å². The van der Waals surface area contributed by atoms with Crippen LogP contribution in [0.4, 0.5) is 0 Å². The normalized spacial score (nSPS) is 21.5. The van der Waals surface area contributed by atoms with Crippen LogP contribution < -0.4 is 0 Å². The van der Waals surface area contributed by atoms with Crippen LogP contribution in [0.1, 0.15) is 80.5 Å². The second-order valence-electron chi connectivity index (χ2n) is 13.6. The maximum Gasteiger partial charge on any atom is 0.321 e. The fourth-order valence-corrected chi connectivity index (χ4v) is 7.37. The number of carbonyl (C=O) groups is 1. The number of hydrogen-bond acceptors (Lipinski definition) is 5. The van der Waals surface area contributed by atoms with Gasteiger partial charge in [0.1, 0.15) is 11.8 Å². The predicted octanol–water partition coefficient (Wildman–Crippen LogP) is 5.90. The Morgan fingerprint density at radius 3 is 2.38 bits per heavy atom. The van der Waals surface area contributed by atoms with Gasteiger partial charge in [0.25, 0.3) is 0 Å². The Morgan fingerprint density at radius 1 is 1.05 bits per heavy atom. The van der Waals surface area contributed by atoms with Gasteiger partial charge in [-0.2, -0.15) is 5.10 Å². The summed E-state index contributed by atoms with van der Waals surface area (Å²) in [5.74, 6) is 0.787. The number of likely N-dealkylation sites (tertiary alicyclic amines) is 2. The number of rotatable bonds is 9. The van der Waals surface area contributed by atoms with Crippen molar-refractivity contribution >= 4 is 5.97 Å². The van der Waals surface area contributed by atoms with Crippen molar-refractivity contribution in [3.05, 3.63) is 82.7 Å². The third-order valence-corrected chi connectivity index (χ3v) is 9.34. The van der Waals surface area contributed by atoms with Crippen molar-refractivity contribution in [2.75, 3.05) is 32.7 Å². The molecule has 2 aliphatic rings. The molecule has 7 nitrogen and oxygen atoms in total. The van der Waals surface area contributed by atoms with E-state index in [2.05, 4.69) is 58.7 Å². The Hall–Kier alpha value is -3.16. The summed E-state index contributed by atoms with van der Waals surface area (Å²) >= 11 is 0. The number of piperidine rings is 1. The molecule has 0 spiro atoms. The summed E-state index contributed by atoms with van der Waals surface area (Å²) in [7, 11) is 0. The van der Waals surface area contributed by atoms with Gasteiger partial charge < -0.3 is 15.1 Å². The fraction of sp³-hybridized carbons (Fsp3) is 0.543. The second-order valence-corrected chi connectivity index (χ2v) is 13.6. The van der Waals surface area contributed by atoms with E-state index in [1.54, 1.807) is 12.1 Å². The lowest BCUT2D eigenvalue weighted by atomic mass is 9.85. The fourth-order valence-electron chi connectivity index (χ4n) is 7.37. The van der Waals surface area contributed by atoms with Crippen LogP contribution in [0.2, 0.25) is 0 Å². The number of carboxylic acids is 1. The number of aromatic hydroxyl groups is 1. The summed E-state index contributed by atoms with van der Waals surface area (Å²) in [5, 5.41) is 24.7. The first-order chi connectivity index (χ1) is 20.0. The molecule has 5 rings (SSSR count). The lowest BCUT2D eigenvalue weighted by Gasteiger charge is -2.36. The van der Waals surface area contributed by atoms with Gasteiger partial charge in [0, 0.05) is 50.1 Å². The molecule has 0 radical (unpaired) electrons. The van der Waals surface area contributed by atoms with Crippen LogP contribution in [0.15, 0.2) is 54.6 Å². The second kappa shape index (κ2) is 12.6. The van der Waals surface area contributed by atoms with Gasteiger partial charge in [0.2, 0.25) is 0 Å². The van der Waals surface area contributed by atoms with Gasteiger partial charge in [-0.05, 0) is 80.4 Å². The number of hydrogen-bond donors (Lipinski definition) is 2. The molecule has 3 aromatic rings. The van der Waals surface area contributed by atoms with Crippen molar-refractivity contribution in [1.82, 2.24) is 19.6 Å². The molecule has 0 amide bonds. The highest BCUT2D eigenvalue weighted by Gasteiger charge is 2.44. The van der Waals surface area contributed by atoms with Crippen molar-refractivity contribution in [2.45, 2.75) is 78.3 Å². The van der Waals surface area contributed by atoms with Crippen LogP contribution in [0.25, 0.3) is 0 Å². The molecule has 0 bridgehead atoms. The molecule has 1 aromatic heterocycles. The van der Waals surface area contributed by atoms with Crippen molar-refractivity contribution in [3.8, 4) is 5.75 Å². The molecule has 3 heterocycles. The zero-order valence-corrected chi connectivity index (χ0v) is 26.0. The molecule has 2 aromatic carbocycles. The minimum absolute atomic E-state index is 0.289. The van der Waals surface area contributed by atoms with E-state index in [0.29, 0.717) is 17.8 Å². The van der Waals surface area contributed by atoms with E-state index in [1.165, 1.54) is 16.8 Å². The van der Waals surface area contributed by atoms with Crippen molar-refractivity contribution in [2.24, 2.45) is 11.3 Å². The Kier molecular flexibility index (Phi) is 9.09. The van der Waals surface area contributed by atoms with E-state index in [1.807, 2.05) is 32.9 Å². The van der Waals surface area contributed by atoms with Crippen LogP contribution in [-0.4, -0.2) is 74.5 Å². The number of aromatic nitrogens is 2. The molecular formula is C35H48N4O3. The van der Waals surface area contributed by atoms with Crippen LogP contribution in [0.3, 0.4) is 0 Å². The first kappa shape index (κ1) is 30.3. The minimum Gasteiger partial charge on any atom is -0.508 e. The van der Waals surface area contributed by atoms with E-state index in [-0.39, 0.29) is 11.2 Å². The van der Waals surface area contributed by atoms with Crippen molar-refractivity contribution < 1.29 is 15.0 Å². The molecule has 2 N–H and O–H groups in total. The number of phenols is 1. The first-order valence-electron chi connectivity index (χ1n) is 15.6. The highest BCUT2D eigenvalue weighted by atomic mass is 16.4. The molecule has 226 valence electrons. The van der Waals surface area contributed by atoms with Gasteiger partial charge in [-0.1, -0.05) is 62.7 Å². The van der Waals surface area contributed by atoms with Crippen LogP contribution in [0, 0.1) is 18.3 Å². The minimum atomic E-state index is -0.718. The standard InChI is InChI=1S/C35H48N4O3/c1-6-39-32(20-29(36-39)19-25-10-12-30(40)13-11-25)26-14-16-37(17-15-26)21-28-22-38(33(34(41)42)35(3,4)5)23-31(28)27-9-7-8-24(2)18-27/h7-13,18,20,26,28,31,33,40H,6,14-17,19,21-23H2,1-5H3,(H,41,42)/t28-,31+,33-/m0/s1. The summed E-state index contributed by atoms with van der Waals surface area (Å²) in [6.45, 7) is 16.0. The zero-order valence-electron chi connectivity index (χ0n) is 26.0. The highest BCUT2D eigenvalue weighted by Crippen LogP contribution is 2.39. The smallest absolute Gasteiger partial charge is 0.321 e. The molecule has 0 unspecified atom stereocenters. The van der Waals surface area contributed by atoms with Gasteiger partial charge >= 0.3 is 5.97 Å². The highest BCUT2D eigenvalue weighted by molar-refractivity contribution is 5.74. The topological polar surface area (TPSA) is 81.8 Å². The largest absolute Gasteiger partial charge is 0.508 e. The summed E-state index contributed by atoms with van der Waals surface area (Å²) < 4.78 is 2.18. The summed E-state index contributed by atoms with van der Waals surface area (Å²) in [5.41, 5.74) is 5.83. The Balaban J connectivity index is 1.27. The SMILES string of the molecule is CCn1nc(Cc2ccc(O)cc2)cc1C1CCN(C[C@H]2CN([C@@H](C(=O)O)C(C)(C)C)C[C@@H]2c2cccc(C)c2)CC1. The third-order valence-electron chi connectivity index (χ3n) is 9.34. The Bertz CT molecular complexity index is 1350. The number of aliphatic carboxylic acids is 1.